The SMILES string of the molecule is O=C1CC(S)CN1Cc1ccc(Oc2ccc(Cl)cc2)cc1. The summed E-state index contributed by atoms with van der Waals surface area (Å²) in [4.78, 5) is 13.6. The van der Waals surface area contributed by atoms with Crippen molar-refractivity contribution in [2.75, 3.05) is 6.54 Å². The molecular weight excluding hydrogens is 318 g/mol. The van der Waals surface area contributed by atoms with E-state index in [1.807, 2.05) is 41.3 Å². The lowest BCUT2D eigenvalue weighted by Gasteiger charge is -2.16. The molecule has 22 heavy (non-hydrogen) atoms. The van der Waals surface area contributed by atoms with Gasteiger partial charge in [0.25, 0.3) is 0 Å². The molecule has 0 saturated carbocycles. The third-order valence-electron chi connectivity index (χ3n) is 3.54. The standard InChI is InChI=1S/C17H16ClNO2S/c18-13-3-7-15(8-4-13)21-14-5-1-12(2-6-14)10-19-11-16(22)9-17(19)20/h1-8,16,22H,9-11H2. The quantitative estimate of drug-likeness (QED) is 0.851. The van der Waals surface area contributed by atoms with Crippen LogP contribution in [0, 0.1) is 0 Å². The highest BCUT2D eigenvalue weighted by molar-refractivity contribution is 7.81. The minimum absolute atomic E-state index is 0.153. The summed E-state index contributed by atoms with van der Waals surface area (Å²) >= 11 is 10.2. The van der Waals surface area contributed by atoms with Crippen molar-refractivity contribution in [3.63, 3.8) is 0 Å². The lowest BCUT2D eigenvalue weighted by atomic mass is 10.2. The molecule has 0 radical (unpaired) electrons. The topological polar surface area (TPSA) is 29.5 Å². The molecule has 0 N–H and O–H groups in total. The lowest BCUT2D eigenvalue weighted by molar-refractivity contribution is -0.128. The van der Waals surface area contributed by atoms with E-state index in [1.165, 1.54) is 0 Å². The molecule has 0 spiro atoms. The molecule has 3 rings (SSSR count). The first-order chi connectivity index (χ1) is 10.6. The van der Waals surface area contributed by atoms with E-state index in [0.717, 1.165) is 17.1 Å². The van der Waals surface area contributed by atoms with Crippen molar-refractivity contribution in [3.8, 4) is 11.5 Å². The summed E-state index contributed by atoms with van der Waals surface area (Å²) in [7, 11) is 0. The number of rotatable bonds is 4. The minimum atomic E-state index is 0.153. The summed E-state index contributed by atoms with van der Waals surface area (Å²) < 4.78 is 5.75. The third-order valence-corrected chi connectivity index (χ3v) is 4.14. The second kappa shape index (κ2) is 6.63. The molecule has 1 fully saturated rings. The van der Waals surface area contributed by atoms with Crippen LogP contribution in [0.2, 0.25) is 5.02 Å². The number of hydrogen-bond donors (Lipinski definition) is 1. The van der Waals surface area contributed by atoms with Crippen LogP contribution in [0.25, 0.3) is 0 Å². The number of hydrogen-bond acceptors (Lipinski definition) is 3. The second-order valence-electron chi connectivity index (χ2n) is 5.33. The van der Waals surface area contributed by atoms with Gasteiger partial charge in [0.05, 0.1) is 0 Å². The number of likely N-dealkylation sites (tertiary alicyclic amines) is 1. The number of thiol groups is 1. The zero-order chi connectivity index (χ0) is 15.5. The summed E-state index contributed by atoms with van der Waals surface area (Å²) in [6.07, 6.45) is 0.529. The molecule has 1 atom stereocenters. The number of halogens is 1. The van der Waals surface area contributed by atoms with Crippen LogP contribution >= 0.6 is 24.2 Å². The molecule has 5 heteroatoms. The van der Waals surface area contributed by atoms with E-state index in [4.69, 9.17) is 16.3 Å². The van der Waals surface area contributed by atoms with Gasteiger partial charge >= 0.3 is 0 Å². The van der Waals surface area contributed by atoms with Crippen LogP contribution in [0.15, 0.2) is 48.5 Å². The Hall–Kier alpha value is -1.65. The van der Waals surface area contributed by atoms with Crippen molar-refractivity contribution in [2.24, 2.45) is 0 Å². The first kappa shape index (κ1) is 15.3. The number of ether oxygens (including phenoxy) is 1. The lowest BCUT2D eigenvalue weighted by Crippen LogP contribution is -2.24. The predicted molar refractivity (Wildman–Crippen MR) is 90.8 cm³/mol. The number of nitrogens with zero attached hydrogens (tertiary/aromatic N) is 1. The van der Waals surface area contributed by atoms with Gasteiger partial charge in [-0.3, -0.25) is 4.79 Å². The molecule has 0 bridgehead atoms. The molecule has 2 aromatic rings. The van der Waals surface area contributed by atoms with Crippen LogP contribution in [0.4, 0.5) is 0 Å². The van der Waals surface area contributed by atoms with Gasteiger partial charge in [-0.05, 0) is 42.0 Å². The monoisotopic (exact) mass is 333 g/mol. The Morgan fingerprint density at radius 1 is 1.09 bits per heavy atom. The normalized spacial score (nSPS) is 17.8. The fourth-order valence-electron chi connectivity index (χ4n) is 2.43. The van der Waals surface area contributed by atoms with Crippen molar-refractivity contribution in [1.29, 1.82) is 0 Å². The van der Waals surface area contributed by atoms with E-state index in [-0.39, 0.29) is 11.2 Å². The maximum absolute atomic E-state index is 11.8. The average Bonchev–Trinajstić information content (AvgIpc) is 2.81. The fourth-order valence-corrected chi connectivity index (χ4v) is 2.91. The van der Waals surface area contributed by atoms with E-state index >= 15 is 0 Å². The van der Waals surface area contributed by atoms with E-state index in [1.54, 1.807) is 12.1 Å². The second-order valence-corrected chi connectivity index (χ2v) is 6.50. The summed E-state index contributed by atoms with van der Waals surface area (Å²) in [5.41, 5.74) is 1.08. The molecule has 2 aromatic carbocycles. The van der Waals surface area contributed by atoms with Crippen molar-refractivity contribution >= 4 is 30.1 Å². The summed E-state index contributed by atoms with van der Waals surface area (Å²) in [6.45, 7) is 1.34. The van der Waals surface area contributed by atoms with Gasteiger partial charge in [-0.15, -0.1) is 0 Å². The molecule has 1 aliphatic rings. The Balaban J connectivity index is 1.63. The third kappa shape index (κ3) is 3.76. The van der Waals surface area contributed by atoms with E-state index in [9.17, 15) is 4.79 Å². The average molecular weight is 334 g/mol. The first-order valence-corrected chi connectivity index (χ1v) is 7.98. The maximum atomic E-state index is 11.8. The molecule has 1 aliphatic heterocycles. The van der Waals surface area contributed by atoms with E-state index < -0.39 is 0 Å². The number of carbonyl (C=O) groups is 1. The highest BCUT2D eigenvalue weighted by Gasteiger charge is 2.26. The largest absolute Gasteiger partial charge is 0.457 e. The fraction of sp³-hybridized carbons (Fsp3) is 0.235. The van der Waals surface area contributed by atoms with Crippen molar-refractivity contribution in [1.82, 2.24) is 4.90 Å². The van der Waals surface area contributed by atoms with Gasteiger partial charge in [0.2, 0.25) is 5.91 Å². The van der Waals surface area contributed by atoms with E-state index in [2.05, 4.69) is 12.6 Å². The Morgan fingerprint density at radius 3 is 2.23 bits per heavy atom. The Morgan fingerprint density at radius 2 is 1.68 bits per heavy atom. The van der Waals surface area contributed by atoms with Crippen LogP contribution in [0.3, 0.4) is 0 Å². The van der Waals surface area contributed by atoms with Crippen LogP contribution in [-0.4, -0.2) is 22.6 Å². The summed E-state index contributed by atoms with van der Waals surface area (Å²) in [5.74, 6) is 1.66. The van der Waals surface area contributed by atoms with Gasteiger partial charge in [-0.2, -0.15) is 12.6 Å². The Bertz CT molecular complexity index is 657. The molecular formula is C17H16ClNO2S. The number of amides is 1. The zero-order valence-corrected chi connectivity index (χ0v) is 13.6. The maximum Gasteiger partial charge on any atom is 0.224 e. The van der Waals surface area contributed by atoms with Gasteiger partial charge < -0.3 is 9.64 Å². The van der Waals surface area contributed by atoms with Crippen LogP contribution < -0.4 is 4.74 Å². The van der Waals surface area contributed by atoms with E-state index in [0.29, 0.717) is 24.5 Å². The van der Waals surface area contributed by atoms with Crippen LogP contribution in [-0.2, 0) is 11.3 Å². The van der Waals surface area contributed by atoms with Crippen molar-refractivity contribution in [2.45, 2.75) is 18.2 Å². The molecule has 0 aromatic heterocycles. The Labute approximate surface area is 140 Å². The van der Waals surface area contributed by atoms with Gasteiger partial charge in [0.15, 0.2) is 0 Å². The van der Waals surface area contributed by atoms with Gasteiger partial charge in [0.1, 0.15) is 11.5 Å². The van der Waals surface area contributed by atoms with Crippen molar-refractivity contribution in [3.05, 3.63) is 59.1 Å². The number of benzene rings is 2. The minimum Gasteiger partial charge on any atom is -0.457 e. The van der Waals surface area contributed by atoms with Gasteiger partial charge in [0, 0.05) is 29.8 Å². The van der Waals surface area contributed by atoms with Crippen molar-refractivity contribution < 1.29 is 9.53 Å². The molecule has 1 amide bonds. The molecule has 1 heterocycles. The molecule has 1 saturated heterocycles. The van der Waals surface area contributed by atoms with Gasteiger partial charge in [-0.25, -0.2) is 0 Å². The molecule has 1 unspecified atom stereocenters. The van der Waals surface area contributed by atoms with Crippen LogP contribution in [0.5, 0.6) is 11.5 Å². The van der Waals surface area contributed by atoms with Gasteiger partial charge in [-0.1, -0.05) is 23.7 Å². The summed E-state index contributed by atoms with van der Waals surface area (Å²) in [5, 5.41) is 0.834. The predicted octanol–water partition coefficient (Wildman–Crippen LogP) is 4.16. The zero-order valence-electron chi connectivity index (χ0n) is 11.9. The number of carbonyl (C=O) groups excluding carboxylic acids is 1. The highest BCUT2D eigenvalue weighted by Crippen LogP contribution is 2.24. The van der Waals surface area contributed by atoms with Crippen LogP contribution in [0.1, 0.15) is 12.0 Å². The Kier molecular flexibility index (Phi) is 4.60. The smallest absolute Gasteiger partial charge is 0.224 e. The summed E-state index contributed by atoms with van der Waals surface area (Å²) in [6, 6.07) is 15.0. The highest BCUT2D eigenvalue weighted by atomic mass is 35.5. The molecule has 114 valence electrons. The first-order valence-electron chi connectivity index (χ1n) is 7.08. The molecule has 3 nitrogen and oxygen atoms in total. The molecule has 0 aliphatic carbocycles.